The standard InChI is InChI=1S/C21H26ClN3O3/c1-15(2)13-25-21(22)18(16(3)24-25)9-10-20(27)28-14-19(26)23-12-11-17-7-5-4-6-8-17/h4-10,15H,11-14H2,1-3H3,(H,23,26)/b10-9+. The van der Waals surface area contributed by atoms with Gasteiger partial charge in [-0.2, -0.15) is 5.10 Å². The summed E-state index contributed by atoms with van der Waals surface area (Å²) in [6.07, 6.45) is 3.54. The van der Waals surface area contributed by atoms with Crippen LogP contribution in [-0.2, 0) is 27.3 Å². The van der Waals surface area contributed by atoms with E-state index in [4.69, 9.17) is 16.3 Å². The number of benzene rings is 1. The molecule has 2 aromatic rings. The topological polar surface area (TPSA) is 73.2 Å². The maximum Gasteiger partial charge on any atom is 0.331 e. The van der Waals surface area contributed by atoms with Crippen molar-refractivity contribution in [3.8, 4) is 0 Å². The third-order valence-electron chi connectivity index (χ3n) is 3.96. The summed E-state index contributed by atoms with van der Waals surface area (Å²) in [4.78, 5) is 23.6. The highest BCUT2D eigenvalue weighted by Gasteiger charge is 2.12. The summed E-state index contributed by atoms with van der Waals surface area (Å²) in [5.41, 5.74) is 2.54. The average molecular weight is 404 g/mol. The van der Waals surface area contributed by atoms with Crippen LogP contribution >= 0.6 is 11.6 Å². The highest BCUT2D eigenvalue weighted by molar-refractivity contribution is 6.31. The number of hydrogen-bond acceptors (Lipinski definition) is 4. The van der Waals surface area contributed by atoms with Crippen molar-refractivity contribution in [3.05, 3.63) is 58.4 Å². The van der Waals surface area contributed by atoms with Crippen LogP contribution in [0.5, 0.6) is 0 Å². The van der Waals surface area contributed by atoms with E-state index in [1.165, 1.54) is 6.08 Å². The number of ether oxygens (including phenoxy) is 1. The average Bonchev–Trinajstić information content (AvgIpc) is 2.91. The van der Waals surface area contributed by atoms with Gasteiger partial charge in [0.15, 0.2) is 6.61 Å². The van der Waals surface area contributed by atoms with Crippen molar-refractivity contribution in [1.29, 1.82) is 0 Å². The molecular weight excluding hydrogens is 378 g/mol. The van der Waals surface area contributed by atoms with E-state index in [9.17, 15) is 9.59 Å². The van der Waals surface area contributed by atoms with Crippen LogP contribution < -0.4 is 5.32 Å². The molecule has 0 aliphatic rings. The Balaban J connectivity index is 1.77. The van der Waals surface area contributed by atoms with Crippen LogP contribution in [0.3, 0.4) is 0 Å². The third-order valence-corrected chi connectivity index (χ3v) is 4.36. The second kappa shape index (κ2) is 10.7. The summed E-state index contributed by atoms with van der Waals surface area (Å²) in [7, 11) is 0. The van der Waals surface area contributed by atoms with Gasteiger partial charge in [-0.1, -0.05) is 55.8 Å². The Morgan fingerprint density at radius 1 is 1.29 bits per heavy atom. The molecule has 0 bridgehead atoms. The van der Waals surface area contributed by atoms with Gasteiger partial charge in [0.25, 0.3) is 5.91 Å². The summed E-state index contributed by atoms with van der Waals surface area (Å²) in [6.45, 7) is 6.84. The molecule has 6 nitrogen and oxygen atoms in total. The molecule has 0 atom stereocenters. The number of amides is 1. The number of nitrogens with one attached hydrogen (secondary N) is 1. The fraction of sp³-hybridized carbons (Fsp3) is 0.381. The third kappa shape index (κ3) is 6.85. The molecule has 1 heterocycles. The molecule has 0 aliphatic carbocycles. The minimum Gasteiger partial charge on any atom is -0.452 e. The molecule has 0 saturated heterocycles. The SMILES string of the molecule is Cc1nn(CC(C)C)c(Cl)c1/C=C/C(=O)OCC(=O)NCCc1ccccc1. The van der Waals surface area contributed by atoms with Crippen LogP contribution in [0.4, 0.5) is 0 Å². The Kier molecular flexibility index (Phi) is 8.26. The first kappa shape index (κ1) is 21.7. The number of carbonyl (C=O) groups excluding carboxylic acids is 2. The van der Waals surface area contributed by atoms with E-state index in [1.807, 2.05) is 37.3 Å². The zero-order valence-corrected chi connectivity index (χ0v) is 17.2. The number of aromatic nitrogens is 2. The van der Waals surface area contributed by atoms with Crippen LogP contribution in [0, 0.1) is 12.8 Å². The van der Waals surface area contributed by atoms with E-state index in [1.54, 1.807) is 10.8 Å². The quantitative estimate of drug-likeness (QED) is 0.514. The van der Waals surface area contributed by atoms with Crippen LogP contribution in [0.25, 0.3) is 6.08 Å². The van der Waals surface area contributed by atoms with Gasteiger partial charge in [-0.3, -0.25) is 9.48 Å². The van der Waals surface area contributed by atoms with Gasteiger partial charge in [-0.15, -0.1) is 0 Å². The number of aryl methyl sites for hydroxylation is 1. The van der Waals surface area contributed by atoms with Crippen LogP contribution in [-0.4, -0.2) is 34.8 Å². The molecule has 0 saturated carbocycles. The Morgan fingerprint density at radius 2 is 2.00 bits per heavy atom. The van der Waals surface area contributed by atoms with Crippen molar-refractivity contribution < 1.29 is 14.3 Å². The Morgan fingerprint density at radius 3 is 2.68 bits per heavy atom. The van der Waals surface area contributed by atoms with Gasteiger partial charge in [0.2, 0.25) is 0 Å². The largest absolute Gasteiger partial charge is 0.452 e. The van der Waals surface area contributed by atoms with Crippen LogP contribution in [0.2, 0.25) is 5.15 Å². The molecule has 150 valence electrons. The van der Waals surface area contributed by atoms with Crippen molar-refractivity contribution >= 4 is 29.6 Å². The van der Waals surface area contributed by atoms with E-state index in [0.29, 0.717) is 29.7 Å². The van der Waals surface area contributed by atoms with Gasteiger partial charge in [0.05, 0.1) is 5.69 Å². The maximum atomic E-state index is 11.9. The number of halogens is 1. The maximum absolute atomic E-state index is 11.9. The van der Waals surface area contributed by atoms with Gasteiger partial charge in [-0.05, 0) is 30.9 Å². The first-order chi connectivity index (χ1) is 13.4. The monoisotopic (exact) mass is 403 g/mol. The predicted molar refractivity (Wildman–Crippen MR) is 110 cm³/mol. The number of nitrogens with zero attached hydrogens (tertiary/aromatic N) is 2. The lowest BCUT2D eigenvalue weighted by Gasteiger charge is -2.06. The highest BCUT2D eigenvalue weighted by atomic mass is 35.5. The molecule has 0 radical (unpaired) electrons. The number of esters is 1. The van der Waals surface area contributed by atoms with E-state index >= 15 is 0 Å². The molecular formula is C21H26ClN3O3. The van der Waals surface area contributed by atoms with Crippen molar-refractivity contribution in [2.24, 2.45) is 5.92 Å². The zero-order chi connectivity index (χ0) is 20.5. The van der Waals surface area contributed by atoms with Gasteiger partial charge in [0.1, 0.15) is 5.15 Å². The number of carbonyl (C=O) groups is 2. The molecule has 1 aromatic carbocycles. The lowest BCUT2D eigenvalue weighted by Crippen LogP contribution is -2.30. The summed E-state index contributed by atoms with van der Waals surface area (Å²) in [5, 5.41) is 7.58. The normalized spacial score (nSPS) is 11.2. The molecule has 1 N–H and O–H groups in total. The second-order valence-electron chi connectivity index (χ2n) is 6.89. The first-order valence-corrected chi connectivity index (χ1v) is 9.63. The number of rotatable bonds is 9. The molecule has 0 aliphatic heterocycles. The minimum absolute atomic E-state index is 0.322. The van der Waals surface area contributed by atoms with Crippen molar-refractivity contribution in [1.82, 2.24) is 15.1 Å². The van der Waals surface area contributed by atoms with E-state index < -0.39 is 5.97 Å². The van der Waals surface area contributed by atoms with Gasteiger partial charge in [-0.25, -0.2) is 4.79 Å². The smallest absolute Gasteiger partial charge is 0.331 e. The van der Waals surface area contributed by atoms with Crippen LogP contribution in [0.1, 0.15) is 30.7 Å². The molecule has 2 rings (SSSR count). The molecule has 7 heteroatoms. The molecule has 1 amide bonds. The van der Waals surface area contributed by atoms with Gasteiger partial charge in [0, 0.05) is 24.7 Å². The predicted octanol–water partition coefficient (Wildman–Crippen LogP) is 3.42. The Bertz CT molecular complexity index is 829. The highest BCUT2D eigenvalue weighted by Crippen LogP contribution is 2.22. The van der Waals surface area contributed by atoms with Crippen molar-refractivity contribution in [3.63, 3.8) is 0 Å². The van der Waals surface area contributed by atoms with E-state index in [2.05, 4.69) is 24.3 Å². The fourth-order valence-corrected chi connectivity index (χ4v) is 2.91. The first-order valence-electron chi connectivity index (χ1n) is 9.25. The summed E-state index contributed by atoms with van der Waals surface area (Å²) >= 11 is 6.33. The van der Waals surface area contributed by atoms with E-state index in [0.717, 1.165) is 17.7 Å². The van der Waals surface area contributed by atoms with Gasteiger partial charge >= 0.3 is 5.97 Å². The number of hydrogen-bond donors (Lipinski definition) is 1. The van der Waals surface area contributed by atoms with Gasteiger partial charge < -0.3 is 10.1 Å². The zero-order valence-electron chi connectivity index (χ0n) is 16.4. The Hall–Kier alpha value is -2.60. The molecule has 28 heavy (non-hydrogen) atoms. The second-order valence-corrected chi connectivity index (χ2v) is 7.25. The summed E-state index contributed by atoms with van der Waals surface area (Å²) < 4.78 is 6.69. The van der Waals surface area contributed by atoms with Crippen molar-refractivity contribution in [2.75, 3.05) is 13.2 Å². The molecule has 0 spiro atoms. The molecule has 1 aromatic heterocycles. The molecule has 0 fully saturated rings. The minimum atomic E-state index is -0.606. The molecule has 0 unspecified atom stereocenters. The lowest BCUT2D eigenvalue weighted by molar-refractivity contribution is -0.143. The Labute approximate surface area is 170 Å². The van der Waals surface area contributed by atoms with Crippen LogP contribution in [0.15, 0.2) is 36.4 Å². The van der Waals surface area contributed by atoms with Crippen molar-refractivity contribution in [2.45, 2.75) is 33.7 Å². The summed E-state index contributed by atoms with van der Waals surface area (Å²) in [6, 6.07) is 9.83. The lowest BCUT2D eigenvalue weighted by atomic mass is 10.1. The fourth-order valence-electron chi connectivity index (χ4n) is 2.60. The summed E-state index contributed by atoms with van der Waals surface area (Å²) in [5.74, 6) is -0.541. The van der Waals surface area contributed by atoms with E-state index in [-0.39, 0.29) is 12.5 Å².